The molecule has 0 aliphatic rings. The molecule has 4 heteroatoms. The minimum atomic E-state index is 0.0955. The van der Waals surface area contributed by atoms with Crippen LogP contribution in [0.3, 0.4) is 0 Å². The molecule has 0 aromatic carbocycles. The Labute approximate surface area is 105 Å². The van der Waals surface area contributed by atoms with Crippen LogP contribution in [0.15, 0.2) is 6.20 Å². The number of nitrogens with zero attached hydrogens (tertiary/aromatic N) is 3. The summed E-state index contributed by atoms with van der Waals surface area (Å²) in [5.41, 5.74) is 7.27. The molecule has 1 aromatic rings. The number of nitrogens with two attached hydrogens (primary N) is 1. The normalized spacial score (nSPS) is 12.9. The van der Waals surface area contributed by atoms with Crippen molar-refractivity contribution in [3.05, 3.63) is 11.9 Å². The summed E-state index contributed by atoms with van der Waals surface area (Å²) in [6.45, 7) is 5.29. The Kier molecular flexibility index (Phi) is 6.86. The van der Waals surface area contributed by atoms with Gasteiger partial charge in [0.2, 0.25) is 0 Å². The van der Waals surface area contributed by atoms with Gasteiger partial charge in [0, 0.05) is 12.6 Å². The van der Waals surface area contributed by atoms with Gasteiger partial charge in [0.25, 0.3) is 0 Å². The summed E-state index contributed by atoms with van der Waals surface area (Å²) >= 11 is 0. The molecule has 2 N–H and O–H groups in total. The molecule has 0 radical (unpaired) electrons. The molecule has 4 nitrogen and oxygen atoms in total. The molecule has 1 atom stereocenters. The van der Waals surface area contributed by atoms with E-state index < -0.39 is 0 Å². The largest absolute Gasteiger partial charge is 0.323 e. The highest BCUT2D eigenvalue weighted by atomic mass is 15.4. The van der Waals surface area contributed by atoms with E-state index in [1.54, 1.807) is 0 Å². The van der Waals surface area contributed by atoms with Gasteiger partial charge in [-0.05, 0) is 12.8 Å². The lowest BCUT2D eigenvalue weighted by Crippen LogP contribution is -2.16. The van der Waals surface area contributed by atoms with Gasteiger partial charge < -0.3 is 5.73 Å². The topological polar surface area (TPSA) is 56.7 Å². The molecule has 0 aliphatic carbocycles. The number of unbranched alkanes of at least 4 members (excludes halogenated alkanes) is 4. The highest BCUT2D eigenvalue weighted by Gasteiger charge is 2.11. The SMILES string of the molecule is CCCCCCCC(N)c1cnnn1CCC. The first-order valence-electron chi connectivity index (χ1n) is 6.93. The van der Waals surface area contributed by atoms with Crippen LogP contribution in [0.1, 0.15) is 70.5 Å². The average molecular weight is 238 g/mol. The summed E-state index contributed by atoms with van der Waals surface area (Å²) in [6, 6.07) is 0.0955. The van der Waals surface area contributed by atoms with E-state index in [1.165, 1.54) is 32.1 Å². The third-order valence-electron chi connectivity index (χ3n) is 3.08. The zero-order valence-electron chi connectivity index (χ0n) is 11.2. The van der Waals surface area contributed by atoms with Gasteiger partial charge in [-0.3, -0.25) is 0 Å². The maximum atomic E-state index is 6.18. The van der Waals surface area contributed by atoms with Crippen LogP contribution in [0.2, 0.25) is 0 Å². The van der Waals surface area contributed by atoms with Crippen molar-refractivity contribution in [1.29, 1.82) is 0 Å². The summed E-state index contributed by atoms with van der Waals surface area (Å²) in [5, 5.41) is 8.02. The minimum absolute atomic E-state index is 0.0955. The summed E-state index contributed by atoms with van der Waals surface area (Å²) in [7, 11) is 0. The Morgan fingerprint density at radius 2 is 1.94 bits per heavy atom. The fourth-order valence-corrected chi connectivity index (χ4v) is 2.05. The Balaban J connectivity index is 2.30. The zero-order valence-corrected chi connectivity index (χ0v) is 11.2. The smallest absolute Gasteiger partial charge is 0.0754 e. The number of aromatic nitrogens is 3. The summed E-state index contributed by atoms with van der Waals surface area (Å²) in [5.74, 6) is 0. The second-order valence-electron chi connectivity index (χ2n) is 4.69. The zero-order chi connectivity index (χ0) is 12.5. The molecular formula is C13H26N4. The van der Waals surface area contributed by atoms with E-state index >= 15 is 0 Å². The number of rotatable bonds is 9. The first-order valence-corrected chi connectivity index (χ1v) is 6.93. The van der Waals surface area contributed by atoms with Crippen LogP contribution in [0, 0.1) is 0 Å². The molecule has 17 heavy (non-hydrogen) atoms. The molecule has 98 valence electrons. The van der Waals surface area contributed by atoms with E-state index in [1.807, 2.05) is 10.9 Å². The maximum Gasteiger partial charge on any atom is 0.0754 e. The van der Waals surface area contributed by atoms with Gasteiger partial charge >= 0.3 is 0 Å². The Morgan fingerprint density at radius 1 is 1.18 bits per heavy atom. The van der Waals surface area contributed by atoms with E-state index in [4.69, 9.17) is 5.73 Å². The van der Waals surface area contributed by atoms with Crippen molar-refractivity contribution in [3.63, 3.8) is 0 Å². The van der Waals surface area contributed by atoms with Crippen molar-refractivity contribution in [1.82, 2.24) is 15.0 Å². The fourth-order valence-electron chi connectivity index (χ4n) is 2.05. The Hall–Kier alpha value is -0.900. The van der Waals surface area contributed by atoms with Crippen LogP contribution < -0.4 is 5.73 Å². The number of hydrogen-bond acceptors (Lipinski definition) is 3. The minimum Gasteiger partial charge on any atom is -0.323 e. The van der Waals surface area contributed by atoms with Crippen LogP contribution in [0.25, 0.3) is 0 Å². The van der Waals surface area contributed by atoms with Gasteiger partial charge in [-0.1, -0.05) is 51.2 Å². The van der Waals surface area contributed by atoms with Crippen molar-refractivity contribution < 1.29 is 0 Å². The van der Waals surface area contributed by atoms with Gasteiger partial charge in [0.1, 0.15) is 0 Å². The highest BCUT2D eigenvalue weighted by molar-refractivity contribution is 5.00. The Bertz CT molecular complexity index is 295. The first-order chi connectivity index (χ1) is 8.29. The van der Waals surface area contributed by atoms with E-state index in [2.05, 4.69) is 24.2 Å². The molecule has 0 fully saturated rings. The molecule has 0 saturated carbocycles. The van der Waals surface area contributed by atoms with Gasteiger partial charge in [-0.25, -0.2) is 4.68 Å². The van der Waals surface area contributed by atoms with Crippen molar-refractivity contribution in [2.45, 2.75) is 71.4 Å². The summed E-state index contributed by atoms with van der Waals surface area (Å²) < 4.78 is 1.94. The standard InChI is InChI=1S/C13H26N4/c1-3-5-6-7-8-9-12(14)13-11-15-16-17(13)10-4-2/h11-12H,3-10,14H2,1-2H3. The van der Waals surface area contributed by atoms with Crippen LogP contribution >= 0.6 is 0 Å². The van der Waals surface area contributed by atoms with Crippen LogP contribution in [-0.4, -0.2) is 15.0 Å². The monoisotopic (exact) mass is 238 g/mol. The Morgan fingerprint density at radius 3 is 2.65 bits per heavy atom. The molecule has 0 saturated heterocycles. The van der Waals surface area contributed by atoms with Gasteiger partial charge in [-0.15, -0.1) is 5.10 Å². The molecule has 0 bridgehead atoms. The third-order valence-corrected chi connectivity index (χ3v) is 3.08. The molecule has 0 spiro atoms. The highest BCUT2D eigenvalue weighted by Crippen LogP contribution is 2.17. The lowest BCUT2D eigenvalue weighted by Gasteiger charge is -2.12. The summed E-state index contributed by atoms with van der Waals surface area (Å²) in [6.07, 6.45) is 10.4. The van der Waals surface area contributed by atoms with Crippen LogP contribution in [0.4, 0.5) is 0 Å². The quantitative estimate of drug-likeness (QED) is 0.673. The van der Waals surface area contributed by atoms with E-state index in [-0.39, 0.29) is 6.04 Å². The predicted molar refractivity (Wildman–Crippen MR) is 70.6 cm³/mol. The summed E-state index contributed by atoms with van der Waals surface area (Å²) in [4.78, 5) is 0. The molecule has 1 unspecified atom stereocenters. The average Bonchev–Trinajstić information content (AvgIpc) is 2.77. The second kappa shape index (κ2) is 8.23. The predicted octanol–water partition coefficient (Wildman–Crippen LogP) is 3.05. The van der Waals surface area contributed by atoms with Gasteiger partial charge in [0.05, 0.1) is 11.9 Å². The molecule has 1 aromatic heterocycles. The lowest BCUT2D eigenvalue weighted by atomic mass is 10.1. The van der Waals surface area contributed by atoms with Gasteiger partial charge in [-0.2, -0.15) is 0 Å². The van der Waals surface area contributed by atoms with E-state index in [0.717, 1.165) is 25.1 Å². The molecular weight excluding hydrogens is 212 g/mol. The van der Waals surface area contributed by atoms with Crippen molar-refractivity contribution >= 4 is 0 Å². The maximum absolute atomic E-state index is 6.18. The number of hydrogen-bond donors (Lipinski definition) is 1. The van der Waals surface area contributed by atoms with Crippen molar-refractivity contribution in [2.24, 2.45) is 5.73 Å². The van der Waals surface area contributed by atoms with Crippen molar-refractivity contribution in [2.75, 3.05) is 0 Å². The number of aryl methyl sites for hydroxylation is 1. The molecule has 1 rings (SSSR count). The van der Waals surface area contributed by atoms with E-state index in [9.17, 15) is 0 Å². The van der Waals surface area contributed by atoms with E-state index in [0.29, 0.717) is 0 Å². The lowest BCUT2D eigenvalue weighted by molar-refractivity contribution is 0.493. The molecule has 1 heterocycles. The second-order valence-corrected chi connectivity index (χ2v) is 4.69. The van der Waals surface area contributed by atoms with Crippen LogP contribution in [-0.2, 0) is 6.54 Å². The van der Waals surface area contributed by atoms with Crippen molar-refractivity contribution in [3.8, 4) is 0 Å². The first kappa shape index (κ1) is 14.2. The molecule has 0 aliphatic heterocycles. The third kappa shape index (κ3) is 4.86. The molecule has 0 amide bonds. The van der Waals surface area contributed by atoms with Gasteiger partial charge in [0.15, 0.2) is 0 Å². The fraction of sp³-hybridized carbons (Fsp3) is 0.846. The van der Waals surface area contributed by atoms with Crippen LogP contribution in [0.5, 0.6) is 0 Å².